The van der Waals surface area contributed by atoms with Gasteiger partial charge in [0.25, 0.3) is 0 Å². The topological polar surface area (TPSA) is 84.2 Å². The van der Waals surface area contributed by atoms with E-state index in [0.29, 0.717) is 19.4 Å². The van der Waals surface area contributed by atoms with Crippen molar-refractivity contribution in [3.63, 3.8) is 0 Å². The van der Waals surface area contributed by atoms with Crippen molar-refractivity contribution in [2.75, 3.05) is 0 Å². The summed E-state index contributed by atoms with van der Waals surface area (Å²) in [5.74, 6) is -1.15. The molecule has 1 aromatic rings. The van der Waals surface area contributed by atoms with E-state index in [-0.39, 0.29) is 12.3 Å². The highest BCUT2D eigenvalue weighted by atomic mass is 16.4. The summed E-state index contributed by atoms with van der Waals surface area (Å²) in [5.41, 5.74) is -1.04. The minimum Gasteiger partial charge on any atom is -0.480 e. The van der Waals surface area contributed by atoms with Crippen LogP contribution in [-0.2, 0) is 16.1 Å². The molecule has 2 N–H and O–H groups in total. The number of aromatic nitrogens is 2. The second kappa shape index (κ2) is 5.20. The lowest BCUT2D eigenvalue weighted by molar-refractivity contribution is -0.147. The van der Waals surface area contributed by atoms with Gasteiger partial charge in [-0.1, -0.05) is 12.8 Å². The molecule has 1 aromatic heterocycles. The molecule has 2 rings (SSSR count). The lowest BCUT2D eigenvalue weighted by Gasteiger charge is -2.25. The summed E-state index contributed by atoms with van der Waals surface area (Å²) in [7, 11) is 0. The first-order chi connectivity index (χ1) is 8.62. The molecular weight excluding hydrogens is 234 g/mol. The van der Waals surface area contributed by atoms with E-state index in [1.807, 2.05) is 0 Å². The van der Waals surface area contributed by atoms with Crippen molar-refractivity contribution in [2.24, 2.45) is 0 Å². The van der Waals surface area contributed by atoms with E-state index < -0.39 is 11.5 Å². The molecule has 6 nitrogen and oxygen atoms in total. The third kappa shape index (κ3) is 2.69. The Morgan fingerprint density at radius 3 is 2.67 bits per heavy atom. The number of amides is 1. The van der Waals surface area contributed by atoms with E-state index >= 15 is 0 Å². The van der Waals surface area contributed by atoms with E-state index in [1.54, 1.807) is 23.1 Å². The lowest BCUT2D eigenvalue weighted by atomic mass is 9.97. The molecule has 0 spiro atoms. The predicted octanol–water partition coefficient (Wildman–Crippen LogP) is 0.787. The van der Waals surface area contributed by atoms with Crippen LogP contribution in [0.3, 0.4) is 0 Å². The van der Waals surface area contributed by atoms with Gasteiger partial charge in [-0.05, 0) is 18.9 Å². The molecule has 0 unspecified atom stereocenters. The van der Waals surface area contributed by atoms with Crippen LogP contribution >= 0.6 is 0 Å². The number of carboxylic acid groups (broad SMARTS) is 1. The Morgan fingerprint density at radius 2 is 2.11 bits per heavy atom. The molecule has 1 saturated carbocycles. The molecular formula is C12H17N3O3. The smallest absolute Gasteiger partial charge is 0.329 e. The van der Waals surface area contributed by atoms with Gasteiger partial charge in [-0.2, -0.15) is 5.10 Å². The fourth-order valence-corrected chi connectivity index (χ4v) is 2.35. The number of aryl methyl sites for hydroxylation is 1. The van der Waals surface area contributed by atoms with Gasteiger partial charge in [0.2, 0.25) is 5.91 Å². The molecule has 0 saturated heterocycles. The zero-order valence-electron chi connectivity index (χ0n) is 10.1. The van der Waals surface area contributed by atoms with Gasteiger partial charge in [0.15, 0.2) is 0 Å². The summed E-state index contributed by atoms with van der Waals surface area (Å²) >= 11 is 0. The summed E-state index contributed by atoms with van der Waals surface area (Å²) in [5, 5.41) is 15.9. The second-order valence-corrected chi connectivity index (χ2v) is 4.66. The van der Waals surface area contributed by atoms with Crippen molar-refractivity contribution in [1.29, 1.82) is 0 Å². The van der Waals surface area contributed by atoms with E-state index in [2.05, 4.69) is 10.4 Å². The number of nitrogens with one attached hydrogen (secondary N) is 1. The van der Waals surface area contributed by atoms with E-state index in [4.69, 9.17) is 0 Å². The number of carbonyl (C=O) groups is 2. The molecule has 0 aromatic carbocycles. The van der Waals surface area contributed by atoms with Crippen molar-refractivity contribution in [3.05, 3.63) is 18.5 Å². The molecule has 18 heavy (non-hydrogen) atoms. The minimum atomic E-state index is -1.04. The maximum absolute atomic E-state index is 11.8. The van der Waals surface area contributed by atoms with E-state index in [1.165, 1.54) is 0 Å². The molecule has 1 heterocycles. The highest BCUT2D eigenvalue weighted by Gasteiger charge is 2.42. The van der Waals surface area contributed by atoms with Crippen LogP contribution in [0.25, 0.3) is 0 Å². The Labute approximate surface area is 105 Å². The Kier molecular flexibility index (Phi) is 3.64. The van der Waals surface area contributed by atoms with Gasteiger partial charge in [-0.15, -0.1) is 0 Å². The van der Waals surface area contributed by atoms with Gasteiger partial charge in [0.1, 0.15) is 5.54 Å². The van der Waals surface area contributed by atoms with E-state index in [0.717, 1.165) is 12.8 Å². The Hall–Kier alpha value is -1.85. The Bertz CT molecular complexity index is 422. The van der Waals surface area contributed by atoms with Crippen molar-refractivity contribution in [1.82, 2.24) is 15.1 Å². The fourth-order valence-electron chi connectivity index (χ4n) is 2.35. The molecule has 1 aliphatic rings. The molecule has 1 fully saturated rings. The molecule has 0 radical (unpaired) electrons. The molecule has 98 valence electrons. The first-order valence-electron chi connectivity index (χ1n) is 6.14. The Balaban J connectivity index is 1.88. The first-order valence-corrected chi connectivity index (χ1v) is 6.14. The van der Waals surface area contributed by atoms with Crippen LogP contribution in [0, 0.1) is 0 Å². The number of hydrogen-bond donors (Lipinski definition) is 2. The number of carbonyl (C=O) groups excluding carboxylic acids is 1. The molecule has 0 aliphatic heterocycles. The third-order valence-corrected chi connectivity index (χ3v) is 3.37. The summed E-state index contributed by atoms with van der Waals surface area (Å²) in [4.78, 5) is 23.0. The van der Waals surface area contributed by atoms with Crippen LogP contribution in [0.2, 0.25) is 0 Å². The van der Waals surface area contributed by atoms with Gasteiger partial charge in [-0.3, -0.25) is 9.48 Å². The average Bonchev–Trinajstić information content (AvgIpc) is 2.97. The van der Waals surface area contributed by atoms with Crippen LogP contribution in [-0.4, -0.2) is 32.3 Å². The SMILES string of the molecule is O=C(CCn1cccn1)NC1(C(=O)O)CCCC1. The number of carboxylic acids is 1. The molecule has 1 aliphatic carbocycles. The summed E-state index contributed by atoms with van der Waals surface area (Å²) < 4.78 is 1.65. The fraction of sp³-hybridized carbons (Fsp3) is 0.583. The standard InChI is InChI=1S/C12H17N3O3/c16-10(4-9-15-8-3-7-13-15)14-12(11(17)18)5-1-2-6-12/h3,7-8H,1-2,4-6,9H2,(H,14,16)(H,17,18). The van der Waals surface area contributed by atoms with Gasteiger partial charge in [-0.25, -0.2) is 4.79 Å². The maximum Gasteiger partial charge on any atom is 0.329 e. The Morgan fingerprint density at radius 1 is 1.39 bits per heavy atom. The highest BCUT2D eigenvalue weighted by Crippen LogP contribution is 2.29. The van der Waals surface area contributed by atoms with Crippen LogP contribution in [0.15, 0.2) is 18.5 Å². The first kappa shape index (κ1) is 12.6. The normalized spacial score (nSPS) is 17.6. The molecule has 1 amide bonds. The van der Waals surface area contributed by atoms with Gasteiger partial charge >= 0.3 is 5.97 Å². The van der Waals surface area contributed by atoms with Crippen LogP contribution in [0.1, 0.15) is 32.1 Å². The second-order valence-electron chi connectivity index (χ2n) is 4.66. The number of nitrogens with zero attached hydrogens (tertiary/aromatic N) is 2. The van der Waals surface area contributed by atoms with Gasteiger partial charge in [0, 0.05) is 25.4 Å². The van der Waals surface area contributed by atoms with Crippen molar-refractivity contribution >= 4 is 11.9 Å². The quantitative estimate of drug-likeness (QED) is 0.810. The van der Waals surface area contributed by atoms with Gasteiger partial charge in [0.05, 0.1) is 0 Å². The molecule has 0 atom stereocenters. The summed E-state index contributed by atoms with van der Waals surface area (Å²) in [6, 6.07) is 1.79. The van der Waals surface area contributed by atoms with Crippen molar-refractivity contribution in [3.8, 4) is 0 Å². The van der Waals surface area contributed by atoms with Crippen LogP contribution < -0.4 is 5.32 Å². The maximum atomic E-state index is 11.8. The van der Waals surface area contributed by atoms with Gasteiger partial charge < -0.3 is 10.4 Å². The highest BCUT2D eigenvalue weighted by molar-refractivity contribution is 5.87. The van der Waals surface area contributed by atoms with Crippen LogP contribution in [0.5, 0.6) is 0 Å². The zero-order valence-corrected chi connectivity index (χ0v) is 10.1. The summed E-state index contributed by atoms with van der Waals surface area (Å²) in [6.45, 7) is 0.467. The van der Waals surface area contributed by atoms with Crippen LogP contribution in [0.4, 0.5) is 0 Å². The molecule has 0 bridgehead atoms. The summed E-state index contributed by atoms with van der Waals surface area (Å²) in [6.07, 6.45) is 6.42. The third-order valence-electron chi connectivity index (χ3n) is 3.37. The lowest BCUT2D eigenvalue weighted by Crippen LogP contribution is -2.52. The van der Waals surface area contributed by atoms with Crippen molar-refractivity contribution < 1.29 is 14.7 Å². The largest absolute Gasteiger partial charge is 0.480 e. The molecule has 6 heteroatoms. The number of rotatable bonds is 5. The monoisotopic (exact) mass is 251 g/mol. The zero-order chi connectivity index (χ0) is 13.0. The minimum absolute atomic E-state index is 0.227. The van der Waals surface area contributed by atoms with Crippen molar-refractivity contribution in [2.45, 2.75) is 44.2 Å². The predicted molar refractivity (Wildman–Crippen MR) is 63.8 cm³/mol. The number of hydrogen-bond acceptors (Lipinski definition) is 3. The average molecular weight is 251 g/mol. The van der Waals surface area contributed by atoms with E-state index in [9.17, 15) is 14.7 Å². The number of aliphatic carboxylic acids is 1.